The van der Waals surface area contributed by atoms with E-state index in [1.165, 1.54) is 18.4 Å². The largest absolute Gasteiger partial charge is 0.465 e. The minimum atomic E-state index is -0.334. The van der Waals surface area contributed by atoms with Crippen LogP contribution in [0.1, 0.15) is 15.9 Å². The van der Waals surface area contributed by atoms with Crippen molar-refractivity contribution in [2.45, 2.75) is 13.2 Å². The monoisotopic (exact) mass is 478 g/mol. The zero-order valence-electron chi connectivity index (χ0n) is 15.4. The lowest BCUT2D eigenvalue weighted by Gasteiger charge is -2.16. The molecule has 1 N–H and O–H groups in total. The first-order valence-electron chi connectivity index (χ1n) is 8.41. The van der Waals surface area contributed by atoms with Gasteiger partial charge in [-0.1, -0.05) is 45.5 Å². The summed E-state index contributed by atoms with van der Waals surface area (Å²) in [5, 5.41) is 8.59. The van der Waals surface area contributed by atoms with Crippen LogP contribution in [0.4, 0.5) is 10.8 Å². The Morgan fingerprint density at radius 3 is 2.75 bits per heavy atom. The van der Waals surface area contributed by atoms with E-state index in [2.05, 4.69) is 31.2 Å². The lowest BCUT2D eigenvalue weighted by Crippen LogP contribution is -2.22. The average molecular weight is 479 g/mol. The fourth-order valence-electron chi connectivity index (χ4n) is 2.59. The number of carbonyl (C=O) groups excluding carboxylic acids is 1. The highest BCUT2D eigenvalue weighted by Gasteiger charge is 2.09. The number of halogens is 1. The van der Waals surface area contributed by atoms with E-state index in [1.807, 2.05) is 43.4 Å². The van der Waals surface area contributed by atoms with Crippen molar-refractivity contribution in [1.82, 2.24) is 14.7 Å². The molecule has 0 aliphatic carbocycles. The summed E-state index contributed by atoms with van der Waals surface area (Å²) in [5.41, 5.74) is 2.58. The number of nitrogens with one attached hydrogen (secondary N) is 1. The normalized spacial score (nSPS) is 10.9. The van der Waals surface area contributed by atoms with Gasteiger partial charge in [-0.2, -0.15) is 0 Å². The molecule has 1 aromatic heterocycles. The number of nitrogens with zero attached hydrogens (tertiary/aromatic N) is 3. The maximum atomic E-state index is 11.5. The molecule has 3 rings (SSSR count). The fraction of sp³-hybridized carbons (Fsp3) is 0.211. The van der Waals surface area contributed by atoms with E-state index in [-0.39, 0.29) is 5.97 Å². The van der Waals surface area contributed by atoms with Gasteiger partial charge in [0.2, 0.25) is 5.13 Å². The molecule has 0 saturated heterocycles. The van der Waals surface area contributed by atoms with Gasteiger partial charge >= 0.3 is 5.97 Å². The molecule has 0 aliphatic rings. The van der Waals surface area contributed by atoms with Crippen molar-refractivity contribution in [1.29, 1.82) is 0 Å². The van der Waals surface area contributed by atoms with E-state index in [4.69, 9.17) is 17.0 Å². The predicted molar refractivity (Wildman–Crippen MR) is 118 cm³/mol. The number of aromatic nitrogens is 2. The summed E-state index contributed by atoms with van der Waals surface area (Å²) in [7, 11) is 3.37. The van der Waals surface area contributed by atoms with Gasteiger partial charge in [-0.15, -0.1) is 5.10 Å². The van der Waals surface area contributed by atoms with Crippen LogP contribution in [0.2, 0.25) is 0 Å². The lowest BCUT2D eigenvalue weighted by molar-refractivity contribution is 0.0600. The Labute approximate surface area is 180 Å². The highest BCUT2D eigenvalue weighted by molar-refractivity contribution is 9.10. The molecule has 28 heavy (non-hydrogen) atoms. The van der Waals surface area contributed by atoms with Crippen molar-refractivity contribution >= 4 is 56.3 Å². The molecule has 9 heteroatoms. The van der Waals surface area contributed by atoms with Gasteiger partial charge < -0.3 is 10.1 Å². The Balaban J connectivity index is 1.62. The van der Waals surface area contributed by atoms with E-state index in [1.54, 1.807) is 16.8 Å². The molecule has 146 valence electrons. The first-order valence-corrected chi connectivity index (χ1v) is 10.4. The minimum Gasteiger partial charge on any atom is -0.465 e. The number of ether oxygens (including phenoxy) is 1. The number of methoxy groups -OCH3 is 1. The van der Waals surface area contributed by atoms with Gasteiger partial charge in [-0.25, -0.2) is 9.48 Å². The second-order valence-electron chi connectivity index (χ2n) is 6.15. The quantitative estimate of drug-likeness (QED) is 0.378. The minimum absolute atomic E-state index is 0.334. The highest BCUT2D eigenvalue weighted by atomic mass is 79.9. The van der Waals surface area contributed by atoms with Crippen LogP contribution in [0.25, 0.3) is 0 Å². The Hall–Kier alpha value is -2.07. The molecule has 0 bridgehead atoms. The van der Waals surface area contributed by atoms with Crippen LogP contribution in [0.15, 0.2) is 53.0 Å². The summed E-state index contributed by atoms with van der Waals surface area (Å²) in [4.78, 5) is 13.6. The third-order valence-electron chi connectivity index (χ3n) is 3.89. The van der Waals surface area contributed by atoms with E-state index < -0.39 is 0 Å². The van der Waals surface area contributed by atoms with Gasteiger partial charge in [0.15, 0.2) is 3.95 Å². The number of esters is 1. The molecule has 0 fully saturated rings. The SMILES string of the molecule is COC(=O)c1ccc(CN(C)Cn2nc(Nc3cccc(Br)c3)sc2=S)cc1. The van der Waals surface area contributed by atoms with E-state index in [0.717, 1.165) is 20.9 Å². The number of hydrogen-bond donors (Lipinski definition) is 1. The summed E-state index contributed by atoms with van der Waals surface area (Å²) >= 11 is 10.3. The number of carbonyl (C=O) groups is 1. The molecular weight excluding hydrogens is 460 g/mol. The predicted octanol–water partition coefficient (Wildman–Crippen LogP) is 5.06. The maximum Gasteiger partial charge on any atom is 0.337 e. The Kier molecular flexibility index (Phi) is 6.95. The van der Waals surface area contributed by atoms with Crippen molar-refractivity contribution < 1.29 is 9.53 Å². The summed E-state index contributed by atoms with van der Waals surface area (Å²) in [6.45, 7) is 1.27. The van der Waals surface area contributed by atoms with Gasteiger partial charge in [0.1, 0.15) is 0 Å². The van der Waals surface area contributed by atoms with Crippen LogP contribution in [-0.2, 0) is 18.0 Å². The summed E-state index contributed by atoms with van der Waals surface area (Å²) in [6, 6.07) is 15.3. The Morgan fingerprint density at radius 2 is 2.07 bits per heavy atom. The van der Waals surface area contributed by atoms with Crippen LogP contribution in [0, 0.1) is 3.95 Å². The van der Waals surface area contributed by atoms with Crippen molar-refractivity contribution in [3.8, 4) is 0 Å². The van der Waals surface area contributed by atoms with Crippen molar-refractivity contribution in [3.63, 3.8) is 0 Å². The Morgan fingerprint density at radius 1 is 1.32 bits per heavy atom. The first kappa shape index (κ1) is 20.7. The number of rotatable bonds is 7. The standard InChI is InChI=1S/C19H19BrN4O2S2/c1-23(11-13-6-8-14(9-7-13)17(25)26-2)12-24-19(27)28-18(22-24)21-16-5-3-4-15(20)10-16/h3-10H,11-12H2,1-2H3,(H,21,22). The summed E-state index contributed by atoms with van der Waals surface area (Å²) in [5.74, 6) is -0.334. The lowest BCUT2D eigenvalue weighted by atomic mass is 10.1. The fourth-order valence-corrected chi connectivity index (χ4v) is 4.00. The molecule has 0 spiro atoms. The Bertz CT molecular complexity index is 1020. The number of anilines is 2. The van der Waals surface area contributed by atoms with E-state index in [9.17, 15) is 4.79 Å². The van der Waals surface area contributed by atoms with Gasteiger partial charge in [0, 0.05) is 16.7 Å². The molecule has 6 nitrogen and oxygen atoms in total. The van der Waals surface area contributed by atoms with Gasteiger partial charge in [0.25, 0.3) is 0 Å². The third kappa shape index (κ3) is 5.48. The molecule has 0 radical (unpaired) electrons. The van der Waals surface area contributed by atoms with Crippen LogP contribution in [0.3, 0.4) is 0 Å². The molecule has 0 saturated carbocycles. The zero-order chi connectivity index (χ0) is 20.1. The maximum absolute atomic E-state index is 11.5. The van der Waals surface area contributed by atoms with Gasteiger partial charge in [0.05, 0.1) is 19.3 Å². The van der Waals surface area contributed by atoms with Crippen molar-refractivity contribution in [2.75, 3.05) is 19.5 Å². The summed E-state index contributed by atoms with van der Waals surface area (Å²) < 4.78 is 8.21. The molecule has 0 unspecified atom stereocenters. The summed E-state index contributed by atoms with van der Waals surface area (Å²) in [6.07, 6.45) is 0. The van der Waals surface area contributed by atoms with E-state index >= 15 is 0 Å². The number of hydrogen-bond acceptors (Lipinski definition) is 7. The van der Waals surface area contributed by atoms with Crippen LogP contribution < -0.4 is 5.32 Å². The van der Waals surface area contributed by atoms with Crippen LogP contribution in [0.5, 0.6) is 0 Å². The van der Waals surface area contributed by atoms with E-state index in [0.29, 0.717) is 22.7 Å². The van der Waals surface area contributed by atoms with Crippen molar-refractivity contribution in [2.24, 2.45) is 0 Å². The second-order valence-corrected chi connectivity index (χ2v) is 8.69. The van der Waals surface area contributed by atoms with Gasteiger partial charge in [-0.3, -0.25) is 4.90 Å². The van der Waals surface area contributed by atoms with Crippen molar-refractivity contribution in [3.05, 3.63) is 68.1 Å². The topological polar surface area (TPSA) is 59.4 Å². The third-order valence-corrected chi connectivity index (χ3v) is 5.60. The molecule has 0 amide bonds. The molecule has 0 atom stereocenters. The second kappa shape index (κ2) is 9.42. The molecular formula is C19H19BrN4O2S2. The van der Waals surface area contributed by atoms with Gasteiger partial charge in [-0.05, 0) is 55.2 Å². The van der Waals surface area contributed by atoms with Crippen LogP contribution >= 0.6 is 39.5 Å². The molecule has 0 aliphatic heterocycles. The highest BCUT2D eigenvalue weighted by Crippen LogP contribution is 2.23. The average Bonchev–Trinajstić information content (AvgIpc) is 3.00. The molecule has 1 heterocycles. The smallest absolute Gasteiger partial charge is 0.337 e. The first-order chi connectivity index (χ1) is 13.4. The number of benzene rings is 2. The zero-order valence-corrected chi connectivity index (χ0v) is 18.6. The molecule has 2 aromatic carbocycles. The molecule has 3 aromatic rings. The van der Waals surface area contributed by atoms with Crippen LogP contribution in [-0.4, -0.2) is 34.8 Å².